The van der Waals surface area contributed by atoms with Crippen molar-refractivity contribution in [3.8, 4) is 11.4 Å². The summed E-state index contributed by atoms with van der Waals surface area (Å²) in [4.78, 5) is 27.3. The van der Waals surface area contributed by atoms with Gasteiger partial charge in [0.2, 0.25) is 11.8 Å². The summed E-state index contributed by atoms with van der Waals surface area (Å²) in [6.07, 6.45) is 4.33. The number of hydrogen-bond acceptors (Lipinski definition) is 4. The van der Waals surface area contributed by atoms with Crippen molar-refractivity contribution in [2.45, 2.75) is 25.8 Å². The fourth-order valence-electron chi connectivity index (χ4n) is 3.91. The zero-order chi connectivity index (χ0) is 24.2. The standard InChI is InChI=1S/C25H24ClFN4O3/c1-16-21(24(26)31(29-16)19-9-5-17(27)6-10-19)13-14-23(32)30-15-3-4-22(30)25(33)28-18-7-11-20(34-2)12-8-18/h5-14,22H,3-4,15H2,1-2H3,(H,28,33)/b14-13+. The van der Waals surface area contributed by atoms with Gasteiger partial charge in [0.1, 0.15) is 22.8 Å². The summed E-state index contributed by atoms with van der Waals surface area (Å²) < 4.78 is 19.9. The Balaban J connectivity index is 1.46. The van der Waals surface area contributed by atoms with E-state index in [0.717, 1.165) is 6.42 Å². The van der Waals surface area contributed by atoms with Crippen molar-refractivity contribution >= 4 is 35.2 Å². The second-order valence-electron chi connectivity index (χ2n) is 7.92. The molecule has 9 heteroatoms. The minimum atomic E-state index is -0.558. The molecule has 1 aromatic heterocycles. The van der Waals surface area contributed by atoms with E-state index in [0.29, 0.717) is 46.5 Å². The number of halogens is 2. The van der Waals surface area contributed by atoms with E-state index in [1.165, 1.54) is 22.9 Å². The van der Waals surface area contributed by atoms with Crippen LogP contribution in [0.1, 0.15) is 24.1 Å². The topological polar surface area (TPSA) is 76.5 Å². The molecule has 3 aromatic rings. The van der Waals surface area contributed by atoms with Gasteiger partial charge in [-0.15, -0.1) is 0 Å². The van der Waals surface area contributed by atoms with Gasteiger partial charge in [0.25, 0.3) is 0 Å². The highest BCUT2D eigenvalue weighted by atomic mass is 35.5. The Hall–Kier alpha value is -3.65. The maximum atomic E-state index is 13.2. The molecule has 7 nitrogen and oxygen atoms in total. The van der Waals surface area contributed by atoms with Gasteiger partial charge in [-0.3, -0.25) is 9.59 Å². The molecule has 2 heterocycles. The monoisotopic (exact) mass is 482 g/mol. The number of benzene rings is 2. The van der Waals surface area contributed by atoms with E-state index in [1.54, 1.807) is 61.4 Å². The third kappa shape index (κ3) is 4.97. The summed E-state index contributed by atoms with van der Waals surface area (Å²) in [6.45, 7) is 2.27. The molecule has 1 aliphatic heterocycles. The first kappa shape index (κ1) is 23.5. The fraction of sp³-hybridized carbons (Fsp3) is 0.240. The van der Waals surface area contributed by atoms with Crippen LogP contribution < -0.4 is 10.1 Å². The maximum Gasteiger partial charge on any atom is 0.247 e. The molecule has 2 aromatic carbocycles. The Kier molecular flexibility index (Phi) is 6.98. The summed E-state index contributed by atoms with van der Waals surface area (Å²) in [5.41, 5.74) is 2.44. The molecule has 1 saturated heterocycles. The van der Waals surface area contributed by atoms with Gasteiger partial charge in [-0.1, -0.05) is 11.6 Å². The fourth-order valence-corrected chi connectivity index (χ4v) is 4.24. The SMILES string of the molecule is COc1ccc(NC(=O)C2CCCN2C(=O)/C=C/c2c(C)nn(-c3ccc(F)cc3)c2Cl)cc1. The van der Waals surface area contributed by atoms with Crippen molar-refractivity contribution in [3.63, 3.8) is 0 Å². The molecule has 0 bridgehead atoms. The lowest BCUT2D eigenvalue weighted by atomic mass is 10.2. The lowest BCUT2D eigenvalue weighted by molar-refractivity contribution is -0.132. The quantitative estimate of drug-likeness (QED) is 0.520. The number of aryl methyl sites for hydroxylation is 1. The number of aromatic nitrogens is 2. The predicted molar refractivity (Wildman–Crippen MR) is 129 cm³/mol. The van der Waals surface area contributed by atoms with Crippen molar-refractivity contribution in [2.24, 2.45) is 0 Å². The van der Waals surface area contributed by atoms with Gasteiger partial charge in [-0.25, -0.2) is 9.07 Å². The zero-order valence-electron chi connectivity index (χ0n) is 18.8. The molecule has 176 valence electrons. The number of hydrogen-bond donors (Lipinski definition) is 1. The van der Waals surface area contributed by atoms with Gasteiger partial charge in [-0.2, -0.15) is 5.10 Å². The lowest BCUT2D eigenvalue weighted by Crippen LogP contribution is -2.42. The average Bonchev–Trinajstić information content (AvgIpc) is 3.44. The molecule has 2 amide bonds. The Bertz CT molecular complexity index is 1220. The maximum absolute atomic E-state index is 13.2. The highest BCUT2D eigenvalue weighted by molar-refractivity contribution is 6.31. The highest BCUT2D eigenvalue weighted by Crippen LogP contribution is 2.26. The Morgan fingerprint density at radius 2 is 1.88 bits per heavy atom. The van der Waals surface area contributed by atoms with Crippen LogP contribution in [0.25, 0.3) is 11.8 Å². The third-order valence-corrected chi connectivity index (χ3v) is 6.07. The number of nitrogens with one attached hydrogen (secondary N) is 1. The first-order chi connectivity index (χ1) is 16.4. The van der Waals surface area contributed by atoms with Gasteiger partial charge >= 0.3 is 0 Å². The summed E-state index contributed by atoms with van der Waals surface area (Å²) in [5, 5.41) is 7.57. The average molecular weight is 483 g/mol. The second kappa shape index (κ2) is 10.1. The van der Waals surface area contributed by atoms with Gasteiger partial charge < -0.3 is 15.0 Å². The molecule has 1 atom stereocenters. The minimum absolute atomic E-state index is 0.234. The van der Waals surface area contributed by atoms with Crippen LogP contribution in [0.2, 0.25) is 5.15 Å². The number of anilines is 1. The molecule has 0 spiro atoms. The van der Waals surface area contributed by atoms with E-state index < -0.39 is 6.04 Å². The van der Waals surface area contributed by atoms with Crippen LogP contribution in [0.3, 0.4) is 0 Å². The number of carbonyl (C=O) groups is 2. The predicted octanol–water partition coefficient (Wildman–Crippen LogP) is 4.62. The highest BCUT2D eigenvalue weighted by Gasteiger charge is 2.33. The minimum Gasteiger partial charge on any atom is -0.497 e. The van der Waals surface area contributed by atoms with Crippen LogP contribution in [-0.4, -0.2) is 46.2 Å². The first-order valence-corrected chi connectivity index (χ1v) is 11.2. The molecule has 0 aliphatic carbocycles. The number of likely N-dealkylation sites (tertiary alicyclic amines) is 1. The van der Waals surface area contributed by atoms with E-state index in [1.807, 2.05) is 0 Å². The van der Waals surface area contributed by atoms with Crippen molar-refractivity contribution in [1.29, 1.82) is 0 Å². The largest absolute Gasteiger partial charge is 0.497 e. The van der Waals surface area contributed by atoms with E-state index in [2.05, 4.69) is 10.4 Å². The number of nitrogens with zero attached hydrogens (tertiary/aromatic N) is 3. The van der Waals surface area contributed by atoms with Crippen LogP contribution in [0.15, 0.2) is 54.6 Å². The summed E-state index contributed by atoms with van der Waals surface area (Å²) >= 11 is 6.50. The van der Waals surface area contributed by atoms with Crippen LogP contribution in [0.4, 0.5) is 10.1 Å². The lowest BCUT2D eigenvalue weighted by Gasteiger charge is -2.22. The van der Waals surface area contributed by atoms with Gasteiger partial charge in [0.05, 0.1) is 18.5 Å². The zero-order valence-corrected chi connectivity index (χ0v) is 19.6. The van der Waals surface area contributed by atoms with Crippen LogP contribution in [0.5, 0.6) is 5.75 Å². The number of amides is 2. The Morgan fingerprint density at radius 1 is 1.18 bits per heavy atom. The summed E-state index contributed by atoms with van der Waals surface area (Å²) in [7, 11) is 1.57. The van der Waals surface area contributed by atoms with E-state index in [4.69, 9.17) is 16.3 Å². The number of carbonyl (C=O) groups excluding carboxylic acids is 2. The molecule has 1 unspecified atom stereocenters. The molecular formula is C25H24ClFN4O3. The normalized spacial score (nSPS) is 15.6. The van der Waals surface area contributed by atoms with Crippen LogP contribution >= 0.6 is 11.6 Å². The van der Waals surface area contributed by atoms with Crippen molar-refractivity contribution in [3.05, 3.63) is 76.8 Å². The summed E-state index contributed by atoms with van der Waals surface area (Å²) in [5.74, 6) is -0.177. The number of rotatable bonds is 6. The summed E-state index contributed by atoms with van der Waals surface area (Å²) in [6, 6.07) is 12.3. The molecule has 1 fully saturated rings. The molecule has 4 rings (SSSR count). The smallest absolute Gasteiger partial charge is 0.247 e. The van der Waals surface area contributed by atoms with E-state index in [9.17, 15) is 14.0 Å². The third-order valence-electron chi connectivity index (χ3n) is 5.71. The van der Waals surface area contributed by atoms with Gasteiger partial charge in [0, 0.05) is 23.9 Å². The number of methoxy groups -OCH3 is 1. The van der Waals surface area contributed by atoms with E-state index in [-0.39, 0.29) is 17.6 Å². The van der Waals surface area contributed by atoms with Crippen molar-refractivity contribution in [1.82, 2.24) is 14.7 Å². The van der Waals surface area contributed by atoms with Gasteiger partial charge in [0.15, 0.2) is 0 Å². The Labute approximate surface area is 201 Å². The van der Waals surface area contributed by atoms with Gasteiger partial charge in [-0.05, 0) is 74.4 Å². The molecular weight excluding hydrogens is 459 g/mol. The molecule has 34 heavy (non-hydrogen) atoms. The molecule has 0 saturated carbocycles. The van der Waals surface area contributed by atoms with Crippen molar-refractivity contribution in [2.75, 3.05) is 19.0 Å². The van der Waals surface area contributed by atoms with E-state index >= 15 is 0 Å². The van der Waals surface area contributed by atoms with Crippen LogP contribution in [0, 0.1) is 12.7 Å². The van der Waals surface area contributed by atoms with Crippen molar-refractivity contribution < 1.29 is 18.7 Å². The molecule has 1 aliphatic rings. The first-order valence-electron chi connectivity index (χ1n) is 10.8. The Morgan fingerprint density at radius 3 is 2.56 bits per heavy atom. The molecule has 0 radical (unpaired) electrons. The van der Waals surface area contributed by atoms with Crippen LogP contribution in [-0.2, 0) is 9.59 Å². The second-order valence-corrected chi connectivity index (χ2v) is 8.28. The number of ether oxygens (including phenoxy) is 1. The molecule has 1 N–H and O–H groups in total.